The molecule has 0 saturated heterocycles. The standard InChI is InChI=1S/C22H20N4O6S/c27-13-12-23-22(30)19-11-6-16(14-24-19)21(29)26-33(31,32)18-9-7-17(8-10-18)25-20(28)15-4-2-1-3-5-15/h1-11,14,27H,12-13H2,(H,23,30)(H,25,28)(H,26,29). The fourth-order valence-electron chi connectivity index (χ4n) is 2.67. The van der Waals surface area contributed by atoms with Gasteiger partial charge in [-0.05, 0) is 48.5 Å². The molecule has 2 aromatic carbocycles. The van der Waals surface area contributed by atoms with Gasteiger partial charge in [-0.15, -0.1) is 0 Å². The van der Waals surface area contributed by atoms with E-state index in [9.17, 15) is 22.8 Å². The minimum Gasteiger partial charge on any atom is -0.395 e. The second kappa shape index (κ2) is 10.5. The van der Waals surface area contributed by atoms with Crippen LogP contribution in [0.25, 0.3) is 0 Å². The number of rotatable bonds is 8. The first-order valence-corrected chi connectivity index (χ1v) is 11.2. The number of carbonyl (C=O) groups is 3. The summed E-state index contributed by atoms with van der Waals surface area (Å²) in [5.41, 5.74) is 0.778. The SMILES string of the molecule is O=C(Nc1ccc(S(=O)(=O)NC(=O)c2ccc(C(=O)NCCO)nc2)cc1)c1ccccc1. The fraction of sp³-hybridized carbons (Fsp3) is 0.0909. The number of sulfonamides is 1. The molecule has 0 aliphatic carbocycles. The van der Waals surface area contributed by atoms with E-state index in [1.165, 1.54) is 36.4 Å². The summed E-state index contributed by atoms with van der Waals surface area (Å²) in [7, 11) is -4.19. The van der Waals surface area contributed by atoms with Crippen molar-refractivity contribution in [2.75, 3.05) is 18.5 Å². The van der Waals surface area contributed by atoms with E-state index >= 15 is 0 Å². The zero-order chi connectivity index (χ0) is 23.8. The second-order valence-electron chi connectivity index (χ2n) is 6.69. The summed E-state index contributed by atoms with van der Waals surface area (Å²) in [6.07, 6.45) is 1.07. The molecule has 0 aliphatic rings. The molecule has 3 amide bonds. The van der Waals surface area contributed by atoms with E-state index in [0.717, 1.165) is 6.20 Å². The molecule has 0 unspecified atom stereocenters. The highest BCUT2D eigenvalue weighted by Gasteiger charge is 2.19. The molecule has 0 saturated carbocycles. The molecule has 3 aromatic rings. The van der Waals surface area contributed by atoms with E-state index in [0.29, 0.717) is 11.3 Å². The van der Waals surface area contributed by atoms with Crippen LogP contribution in [-0.4, -0.2) is 49.4 Å². The number of hydrogen-bond donors (Lipinski definition) is 4. The summed E-state index contributed by atoms with van der Waals surface area (Å²) >= 11 is 0. The minimum absolute atomic E-state index is 0.0102. The number of aliphatic hydroxyl groups is 1. The summed E-state index contributed by atoms with van der Waals surface area (Å²) in [4.78, 5) is 39.9. The quantitative estimate of drug-likeness (QED) is 0.387. The Morgan fingerprint density at radius 2 is 1.52 bits per heavy atom. The van der Waals surface area contributed by atoms with Crippen molar-refractivity contribution < 1.29 is 27.9 Å². The van der Waals surface area contributed by atoms with Crippen LogP contribution < -0.4 is 15.4 Å². The minimum atomic E-state index is -4.19. The van der Waals surface area contributed by atoms with E-state index in [1.807, 2.05) is 4.72 Å². The average molecular weight is 468 g/mol. The molecule has 4 N–H and O–H groups in total. The van der Waals surface area contributed by atoms with Crippen molar-refractivity contribution in [3.05, 3.63) is 89.7 Å². The number of benzene rings is 2. The van der Waals surface area contributed by atoms with Gasteiger partial charge in [-0.2, -0.15) is 0 Å². The van der Waals surface area contributed by atoms with Crippen molar-refractivity contribution in [3.8, 4) is 0 Å². The zero-order valence-electron chi connectivity index (χ0n) is 17.2. The average Bonchev–Trinajstić information content (AvgIpc) is 2.83. The molecule has 170 valence electrons. The fourth-order valence-corrected chi connectivity index (χ4v) is 3.65. The molecular formula is C22H20N4O6S. The van der Waals surface area contributed by atoms with Gasteiger partial charge in [0.2, 0.25) is 0 Å². The van der Waals surface area contributed by atoms with Crippen molar-refractivity contribution in [2.24, 2.45) is 0 Å². The molecule has 1 aromatic heterocycles. The molecule has 0 fully saturated rings. The number of aliphatic hydroxyl groups excluding tert-OH is 1. The lowest BCUT2D eigenvalue weighted by Crippen LogP contribution is -2.31. The summed E-state index contributed by atoms with van der Waals surface area (Å²) in [6, 6.07) is 16.4. The maximum atomic E-state index is 12.5. The van der Waals surface area contributed by atoms with Gasteiger partial charge in [0, 0.05) is 24.0 Å². The van der Waals surface area contributed by atoms with Crippen LogP contribution in [0.2, 0.25) is 0 Å². The third-order valence-electron chi connectivity index (χ3n) is 4.34. The topological polar surface area (TPSA) is 155 Å². The normalized spacial score (nSPS) is 10.8. The lowest BCUT2D eigenvalue weighted by atomic mass is 10.2. The first-order valence-electron chi connectivity index (χ1n) is 9.69. The first-order chi connectivity index (χ1) is 15.8. The summed E-state index contributed by atoms with van der Waals surface area (Å²) in [6.45, 7) is -0.180. The number of amides is 3. The molecule has 0 spiro atoms. The lowest BCUT2D eigenvalue weighted by molar-refractivity contribution is 0.0935. The molecule has 1 heterocycles. The maximum absolute atomic E-state index is 12.5. The van der Waals surface area contributed by atoms with Crippen molar-refractivity contribution in [2.45, 2.75) is 4.90 Å². The number of carbonyl (C=O) groups excluding carboxylic acids is 3. The third kappa shape index (κ3) is 6.21. The van der Waals surface area contributed by atoms with Gasteiger partial charge in [-0.25, -0.2) is 13.1 Å². The van der Waals surface area contributed by atoms with Crippen molar-refractivity contribution in [3.63, 3.8) is 0 Å². The van der Waals surface area contributed by atoms with Crippen LogP contribution in [-0.2, 0) is 10.0 Å². The molecule has 0 aliphatic heterocycles. The Kier molecular flexibility index (Phi) is 7.49. The van der Waals surface area contributed by atoms with Gasteiger partial charge in [0.15, 0.2) is 0 Å². The van der Waals surface area contributed by atoms with Crippen molar-refractivity contribution in [1.29, 1.82) is 0 Å². The van der Waals surface area contributed by atoms with Gasteiger partial charge >= 0.3 is 0 Å². The smallest absolute Gasteiger partial charge is 0.269 e. The van der Waals surface area contributed by atoms with Gasteiger partial charge in [0.1, 0.15) is 5.69 Å². The van der Waals surface area contributed by atoms with Crippen LogP contribution in [0.4, 0.5) is 5.69 Å². The van der Waals surface area contributed by atoms with Crippen LogP contribution in [0.5, 0.6) is 0 Å². The van der Waals surface area contributed by atoms with Crippen LogP contribution in [0.1, 0.15) is 31.2 Å². The van der Waals surface area contributed by atoms with E-state index < -0.39 is 21.8 Å². The molecule has 3 rings (SSSR count). The molecule has 0 bridgehead atoms. The number of anilines is 1. The first kappa shape index (κ1) is 23.6. The van der Waals surface area contributed by atoms with Gasteiger partial charge in [0.25, 0.3) is 27.7 Å². The second-order valence-corrected chi connectivity index (χ2v) is 8.37. The largest absolute Gasteiger partial charge is 0.395 e. The van der Waals surface area contributed by atoms with Crippen molar-refractivity contribution in [1.82, 2.24) is 15.0 Å². The Hall–Kier alpha value is -4.09. The van der Waals surface area contributed by atoms with E-state index in [4.69, 9.17) is 5.11 Å². The molecule has 0 atom stereocenters. The Morgan fingerprint density at radius 3 is 2.12 bits per heavy atom. The number of aromatic nitrogens is 1. The predicted molar refractivity (Wildman–Crippen MR) is 119 cm³/mol. The van der Waals surface area contributed by atoms with Crippen LogP contribution in [0.3, 0.4) is 0 Å². The van der Waals surface area contributed by atoms with Crippen LogP contribution in [0, 0.1) is 0 Å². The third-order valence-corrected chi connectivity index (χ3v) is 5.69. The highest BCUT2D eigenvalue weighted by molar-refractivity contribution is 7.90. The van der Waals surface area contributed by atoms with Crippen LogP contribution in [0.15, 0.2) is 77.8 Å². The Balaban J connectivity index is 1.64. The highest BCUT2D eigenvalue weighted by Crippen LogP contribution is 2.15. The number of pyridine rings is 1. The van der Waals surface area contributed by atoms with E-state index in [1.54, 1.807) is 30.3 Å². The lowest BCUT2D eigenvalue weighted by Gasteiger charge is -2.09. The van der Waals surface area contributed by atoms with Crippen LogP contribution >= 0.6 is 0 Å². The molecule has 33 heavy (non-hydrogen) atoms. The monoisotopic (exact) mass is 468 g/mol. The molecule has 10 nitrogen and oxygen atoms in total. The summed E-state index contributed by atoms with van der Waals surface area (Å²) in [5.74, 6) is -1.81. The van der Waals surface area contributed by atoms with Gasteiger partial charge in [0.05, 0.1) is 17.1 Å². The Labute approximate surface area is 189 Å². The highest BCUT2D eigenvalue weighted by atomic mass is 32.2. The molecule has 0 radical (unpaired) electrons. The van der Waals surface area contributed by atoms with Gasteiger partial charge in [-0.3, -0.25) is 19.4 Å². The van der Waals surface area contributed by atoms with E-state index in [2.05, 4.69) is 15.6 Å². The molecular weight excluding hydrogens is 448 g/mol. The van der Waals surface area contributed by atoms with Gasteiger partial charge < -0.3 is 15.7 Å². The Morgan fingerprint density at radius 1 is 0.818 bits per heavy atom. The number of hydrogen-bond acceptors (Lipinski definition) is 7. The maximum Gasteiger partial charge on any atom is 0.269 e. The van der Waals surface area contributed by atoms with E-state index in [-0.39, 0.29) is 35.2 Å². The number of nitrogens with zero attached hydrogens (tertiary/aromatic N) is 1. The van der Waals surface area contributed by atoms with Crippen molar-refractivity contribution >= 4 is 33.4 Å². The van der Waals surface area contributed by atoms with Gasteiger partial charge in [-0.1, -0.05) is 18.2 Å². The summed E-state index contributed by atoms with van der Waals surface area (Å²) < 4.78 is 27.0. The molecule has 11 heteroatoms. The Bertz CT molecular complexity index is 1240. The predicted octanol–water partition coefficient (Wildman–Crippen LogP) is 1.17. The summed E-state index contributed by atoms with van der Waals surface area (Å²) in [5, 5.41) is 13.8. The zero-order valence-corrected chi connectivity index (χ0v) is 18.0. The number of nitrogens with one attached hydrogen (secondary N) is 3.